The molecule has 4 rings (SSSR count). The van der Waals surface area contributed by atoms with Crippen molar-refractivity contribution in [3.05, 3.63) is 76.1 Å². The van der Waals surface area contributed by atoms with Crippen molar-refractivity contribution in [3.8, 4) is 5.75 Å². The molecule has 0 amide bonds. The summed E-state index contributed by atoms with van der Waals surface area (Å²) in [5.41, 5.74) is 4.04. The van der Waals surface area contributed by atoms with Gasteiger partial charge in [-0.1, -0.05) is 48.0 Å². The minimum Gasteiger partial charge on any atom is -0.480 e. The molecule has 1 fully saturated rings. The van der Waals surface area contributed by atoms with Crippen LogP contribution < -0.4 is 4.74 Å². The summed E-state index contributed by atoms with van der Waals surface area (Å²) in [6.07, 6.45) is 3.18. The number of aryl methyl sites for hydroxylation is 1. The van der Waals surface area contributed by atoms with Crippen LogP contribution in [0.3, 0.4) is 0 Å². The molecular formula is C25H26ClFO4. The van der Waals surface area contributed by atoms with Gasteiger partial charge in [0.1, 0.15) is 11.6 Å². The van der Waals surface area contributed by atoms with Gasteiger partial charge in [0.05, 0.1) is 17.2 Å². The first kappa shape index (κ1) is 21.8. The molecule has 164 valence electrons. The Morgan fingerprint density at radius 1 is 1.32 bits per heavy atom. The Morgan fingerprint density at radius 3 is 2.84 bits per heavy atom. The average Bonchev–Trinajstić information content (AvgIpc) is 2.90. The standard InChI is InChI=1S/C25H26ClFO4/c1-14(2)18-12-19-17-8-4-3-6-15(17)7-5-9-22(19)31-24(18)20-10-16(27)11-21(26)25(20)30-13-23(28)29/h3-4,6,8,10-11,18-19,22,24H,1,5,7,9,12-13H2,2H3,(H,28,29)/t18-,19-,22+,24+/m1/s1. The highest BCUT2D eigenvalue weighted by Gasteiger charge is 2.42. The number of ether oxygens (including phenoxy) is 2. The molecule has 0 radical (unpaired) electrons. The van der Waals surface area contributed by atoms with E-state index in [4.69, 9.17) is 26.2 Å². The molecule has 0 aromatic heterocycles. The number of aliphatic carboxylic acids is 1. The average molecular weight is 445 g/mol. The normalized spacial score (nSPS) is 25.1. The van der Waals surface area contributed by atoms with E-state index in [2.05, 4.69) is 30.8 Å². The number of carbonyl (C=O) groups is 1. The van der Waals surface area contributed by atoms with Crippen LogP contribution in [0, 0.1) is 11.7 Å². The smallest absolute Gasteiger partial charge is 0.341 e. The quantitative estimate of drug-likeness (QED) is 0.567. The van der Waals surface area contributed by atoms with Crippen LogP contribution in [0.4, 0.5) is 4.39 Å². The highest BCUT2D eigenvalue weighted by Crippen LogP contribution is 2.51. The zero-order chi connectivity index (χ0) is 22.1. The van der Waals surface area contributed by atoms with Crippen molar-refractivity contribution in [2.45, 2.75) is 50.7 Å². The number of benzene rings is 2. The van der Waals surface area contributed by atoms with Gasteiger partial charge in [0.25, 0.3) is 0 Å². The third-order valence-corrected chi connectivity index (χ3v) is 6.63. The van der Waals surface area contributed by atoms with E-state index in [1.54, 1.807) is 0 Å². The summed E-state index contributed by atoms with van der Waals surface area (Å²) in [7, 11) is 0. The summed E-state index contributed by atoms with van der Waals surface area (Å²) in [5.74, 6) is -1.34. The van der Waals surface area contributed by atoms with E-state index in [0.717, 1.165) is 37.3 Å². The molecule has 1 N–H and O–H groups in total. The van der Waals surface area contributed by atoms with Crippen LogP contribution in [0.1, 0.15) is 54.9 Å². The van der Waals surface area contributed by atoms with Gasteiger partial charge in [-0.25, -0.2) is 9.18 Å². The van der Waals surface area contributed by atoms with Crippen molar-refractivity contribution >= 4 is 17.6 Å². The second-order valence-corrected chi connectivity index (χ2v) is 8.88. The summed E-state index contributed by atoms with van der Waals surface area (Å²) in [5, 5.41) is 9.09. The van der Waals surface area contributed by atoms with E-state index < -0.39 is 24.5 Å². The fraction of sp³-hybridized carbons (Fsp3) is 0.400. The van der Waals surface area contributed by atoms with Crippen LogP contribution in [0.5, 0.6) is 5.75 Å². The summed E-state index contributed by atoms with van der Waals surface area (Å²) < 4.78 is 26.5. The van der Waals surface area contributed by atoms with Gasteiger partial charge in [-0.15, -0.1) is 0 Å². The van der Waals surface area contributed by atoms with Gasteiger partial charge < -0.3 is 14.6 Å². The van der Waals surface area contributed by atoms with Gasteiger partial charge in [-0.3, -0.25) is 0 Å². The molecule has 0 unspecified atom stereocenters. The summed E-state index contributed by atoms with van der Waals surface area (Å²) >= 11 is 6.26. The number of rotatable bonds is 5. The van der Waals surface area contributed by atoms with Crippen LogP contribution in [-0.2, 0) is 16.0 Å². The Bertz CT molecular complexity index is 1010. The SMILES string of the molecule is C=C(C)[C@H]1C[C@@H]2c3ccccc3CCC[C@@H]2O[C@@H]1c1cc(F)cc(Cl)c1OCC(=O)O. The molecule has 4 nitrogen and oxygen atoms in total. The van der Waals surface area contributed by atoms with Crippen LogP contribution in [0.25, 0.3) is 0 Å². The number of hydrogen-bond donors (Lipinski definition) is 1. The molecule has 2 aliphatic rings. The number of hydrogen-bond acceptors (Lipinski definition) is 3. The van der Waals surface area contributed by atoms with Crippen LogP contribution >= 0.6 is 11.6 Å². The van der Waals surface area contributed by atoms with Crippen molar-refractivity contribution in [2.24, 2.45) is 5.92 Å². The van der Waals surface area contributed by atoms with Gasteiger partial charge in [0.2, 0.25) is 0 Å². The Kier molecular flexibility index (Phi) is 6.35. The molecule has 1 saturated heterocycles. The van der Waals surface area contributed by atoms with Gasteiger partial charge in [-0.05, 0) is 55.9 Å². The lowest BCUT2D eigenvalue weighted by atomic mass is 9.75. The first-order valence-corrected chi connectivity index (χ1v) is 10.9. The molecular weight excluding hydrogens is 419 g/mol. The molecule has 4 atom stereocenters. The van der Waals surface area contributed by atoms with Gasteiger partial charge >= 0.3 is 5.97 Å². The maximum Gasteiger partial charge on any atom is 0.341 e. The predicted molar refractivity (Wildman–Crippen MR) is 117 cm³/mol. The van der Waals surface area contributed by atoms with E-state index in [0.29, 0.717) is 5.56 Å². The Balaban J connectivity index is 1.75. The van der Waals surface area contributed by atoms with Gasteiger partial charge in [-0.2, -0.15) is 0 Å². The van der Waals surface area contributed by atoms with Crippen LogP contribution in [0.2, 0.25) is 5.02 Å². The molecule has 0 saturated carbocycles. The first-order chi connectivity index (χ1) is 14.8. The fourth-order valence-corrected chi connectivity index (χ4v) is 5.24. The molecule has 1 aliphatic carbocycles. The lowest BCUT2D eigenvalue weighted by Gasteiger charge is -2.43. The minimum atomic E-state index is -1.13. The van der Waals surface area contributed by atoms with E-state index >= 15 is 0 Å². The molecule has 6 heteroatoms. The lowest BCUT2D eigenvalue weighted by Crippen LogP contribution is -2.36. The molecule has 1 heterocycles. The summed E-state index contributed by atoms with van der Waals surface area (Å²) in [6, 6.07) is 11.0. The number of fused-ring (bicyclic) bond motifs is 3. The minimum absolute atomic E-state index is 0.0291. The first-order valence-electron chi connectivity index (χ1n) is 10.6. The van der Waals surface area contributed by atoms with E-state index in [-0.39, 0.29) is 28.7 Å². The zero-order valence-corrected chi connectivity index (χ0v) is 18.2. The van der Waals surface area contributed by atoms with E-state index in [1.165, 1.54) is 17.2 Å². The monoisotopic (exact) mass is 444 g/mol. The largest absolute Gasteiger partial charge is 0.480 e. The third-order valence-electron chi connectivity index (χ3n) is 6.35. The zero-order valence-electron chi connectivity index (χ0n) is 17.4. The fourth-order valence-electron chi connectivity index (χ4n) is 4.97. The van der Waals surface area contributed by atoms with E-state index in [1.807, 2.05) is 6.92 Å². The third kappa shape index (κ3) is 4.48. The highest BCUT2D eigenvalue weighted by molar-refractivity contribution is 6.32. The number of carboxylic acid groups (broad SMARTS) is 1. The van der Waals surface area contributed by atoms with Crippen molar-refractivity contribution < 1.29 is 23.8 Å². The summed E-state index contributed by atoms with van der Waals surface area (Å²) in [4.78, 5) is 11.1. The topological polar surface area (TPSA) is 55.8 Å². The Hall–Kier alpha value is -2.37. The molecule has 1 aliphatic heterocycles. The van der Waals surface area contributed by atoms with Crippen molar-refractivity contribution in [1.29, 1.82) is 0 Å². The molecule has 0 spiro atoms. The maximum atomic E-state index is 14.4. The van der Waals surface area contributed by atoms with Gasteiger partial charge in [0, 0.05) is 17.4 Å². The van der Waals surface area contributed by atoms with Crippen molar-refractivity contribution in [1.82, 2.24) is 0 Å². The molecule has 31 heavy (non-hydrogen) atoms. The Morgan fingerprint density at radius 2 is 2.10 bits per heavy atom. The predicted octanol–water partition coefficient (Wildman–Crippen LogP) is 6.08. The van der Waals surface area contributed by atoms with Gasteiger partial charge in [0.15, 0.2) is 6.61 Å². The van der Waals surface area contributed by atoms with Crippen molar-refractivity contribution in [2.75, 3.05) is 6.61 Å². The molecule has 2 aromatic rings. The maximum absolute atomic E-state index is 14.4. The molecule has 2 aromatic carbocycles. The molecule has 0 bridgehead atoms. The second kappa shape index (κ2) is 9.01. The van der Waals surface area contributed by atoms with E-state index in [9.17, 15) is 9.18 Å². The summed E-state index contributed by atoms with van der Waals surface area (Å²) in [6.45, 7) is 5.56. The van der Waals surface area contributed by atoms with Crippen molar-refractivity contribution in [3.63, 3.8) is 0 Å². The number of carboxylic acids is 1. The Labute approximate surface area is 186 Å². The van der Waals surface area contributed by atoms with Crippen LogP contribution in [-0.4, -0.2) is 23.8 Å². The number of halogens is 2. The lowest BCUT2D eigenvalue weighted by molar-refractivity contribution is -0.139. The second-order valence-electron chi connectivity index (χ2n) is 8.47. The highest BCUT2D eigenvalue weighted by atomic mass is 35.5. The van der Waals surface area contributed by atoms with Crippen LogP contribution in [0.15, 0.2) is 48.6 Å².